The topological polar surface area (TPSA) is 47.0 Å². The predicted molar refractivity (Wildman–Crippen MR) is 81.0 cm³/mol. The van der Waals surface area contributed by atoms with E-state index in [1.165, 1.54) is 0 Å². The summed E-state index contributed by atoms with van der Waals surface area (Å²) < 4.78 is 7.02. The average Bonchev–Trinajstić information content (AvgIpc) is 2.79. The SMILES string of the molecule is CNc1nc(-c2cc(Br)cs2)nc(COC)c1Br. The highest BCUT2D eigenvalue weighted by molar-refractivity contribution is 9.11. The highest BCUT2D eigenvalue weighted by Crippen LogP contribution is 2.31. The highest BCUT2D eigenvalue weighted by atomic mass is 79.9. The number of thiophene rings is 1. The lowest BCUT2D eigenvalue weighted by atomic mass is 10.3. The Balaban J connectivity index is 2.51. The summed E-state index contributed by atoms with van der Waals surface area (Å²) in [4.78, 5) is 10.0. The minimum absolute atomic E-state index is 0.442. The molecule has 0 atom stereocenters. The minimum atomic E-state index is 0.442. The second kappa shape index (κ2) is 6.10. The van der Waals surface area contributed by atoms with Gasteiger partial charge in [0.15, 0.2) is 5.82 Å². The van der Waals surface area contributed by atoms with Crippen LogP contribution in [0.15, 0.2) is 20.4 Å². The maximum atomic E-state index is 5.15. The number of rotatable bonds is 4. The van der Waals surface area contributed by atoms with Crippen molar-refractivity contribution >= 4 is 49.0 Å². The van der Waals surface area contributed by atoms with Crippen molar-refractivity contribution in [1.82, 2.24) is 9.97 Å². The summed E-state index contributed by atoms with van der Waals surface area (Å²) in [6, 6.07) is 2.00. The first-order chi connectivity index (χ1) is 8.65. The van der Waals surface area contributed by atoms with Crippen LogP contribution in [-0.4, -0.2) is 24.1 Å². The van der Waals surface area contributed by atoms with Crippen LogP contribution in [0.5, 0.6) is 0 Å². The molecule has 0 saturated heterocycles. The molecule has 0 aliphatic heterocycles. The maximum absolute atomic E-state index is 5.15. The van der Waals surface area contributed by atoms with Gasteiger partial charge in [-0.15, -0.1) is 11.3 Å². The molecule has 2 rings (SSSR count). The van der Waals surface area contributed by atoms with Crippen LogP contribution in [0.4, 0.5) is 5.82 Å². The van der Waals surface area contributed by atoms with Gasteiger partial charge in [0, 0.05) is 24.0 Å². The fourth-order valence-electron chi connectivity index (χ4n) is 1.43. The second-order valence-corrected chi connectivity index (χ2v) is 6.09. The van der Waals surface area contributed by atoms with Crippen molar-refractivity contribution in [3.05, 3.63) is 26.1 Å². The number of ether oxygens (including phenoxy) is 1. The molecule has 96 valence electrons. The van der Waals surface area contributed by atoms with Gasteiger partial charge in [-0.25, -0.2) is 9.97 Å². The third-order valence-electron chi connectivity index (χ3n) is 2.23. The van der Waals surface area contributed by atoms with E-state index in [4.69, 9.17) is 4.74 Å². The standard InChI is InChI=1S/C11H11Br2N3OS/c1-14-11-9(13)7(4-17-2)15-10(16-11)8-3-6(12)5-18-8/h3,5H,4H2,1-2H3,(H,14,15,16). The first kappa shape index (κ1) is 13.9. The number of nitrogens with one attached hydrogen (secondary N) is 1. The molecule has 1 N–H and O–H groups in total. The lowest BCUT2D eigenvalue weighted by Gasteiger charge is -2.09. The molecule has 7 heteroatoms. The Morgan fingerprint density at radius 1 is 1.39 bits per heavy atom. The van der Waals surface area contributed by atoms with Crippen molar-refractivity contribution < 1.29 is 4.74 Å². The first-order valence-electron chi connectivity index (χ1n) is 5.13. The number of hydrogen-bond donors (Lipinski definition) is 1. The number of aromatic nitrogens is 2. The second-order valence-electron chi connectivity index (χ2n) is 3.47. The van der Waals surface area contributed by atoms with E-state index in [0.29, 0.717) is 12.4 Å². The number of hydrogen-bond acceptors (Lipinski definition) is 5. The normalized spacial score (nSPS) is 10.7. The van der Waals surface area contributed by atoms with Crippen LogP contribution in [-0.2, 0) is 11.3 Å². The zero-order valence-electron chi connectivity index (χ0n) is 9.83. The molecule has 4 nitrogen and oxygen atoms in total. The van der Waals surface area contributed by atoms with Gasteiger partial charge in [0.05, 0.1) is 21.7 Å². The molecule has 2 aromatic heterocycles. The van der Waals surface area contributed by atoms with Crippen LogP contribution in [0.3, 0.4) is 0 Å². The monoisotopic (exact) mass is 391 g/mol. The summed E-state index contributed by atoms with van der Waals surface area (Å²) in [5, 5.41) is 5.06. The third-order valence-corrected chi connectivity index (χ3v) is 4.75. The third kappa shape index (κ3) is 2.90. The number of anilines is 1. The fraction of sp³-hybridized carbons (Fsp3) is 0.273. The Kier molecular flexibility index (Phi) is 4.71. The van der Waals surface area contributed by atoms with E-state index in [1.807, 2.05) is 18.5 Å². The van der Waals surface area contributed by atoms with Crippen LogP contribution >= 0.6 is 43.2 Å². The molecule has 2 aromatic rings. The maximum Gasteiger partial charge on any atom is 0.172 e. The van der Waals surface area contributed by atoms with E-state index in [1.54, 1.807) is 18.4 Å². The van der Waals surface area contributed by atoms with Gasteiger partial charge in [0.1, 0.15) is 5.82 Å². The van der Waals surface area contributed by atoms with Crippen molar-refractivity contribution in [3.8, 4) is 10.7 Å². The summed E-state index contributed by atoms with van der Waals surface area (Å²) in [5.41, 5.74) is 0.830. The van der Waals surface area contributed by atoms with E-state index in [9.17, 15) is 0 Å². The number of halogens is 2. The molecular weight excluding hydrogens is 382 g/mol. The molecule has 0 bridgehead atoms. The van der Waals surface area contributed by atoms with Gasteiger partial charge in [-0.05, 0) is 37.9 Å². The van der Waals surface area contributed by atoms with Crippen LogP contribution in [0, 0.1) is 0 Å². The highest BCUT2D eigenvalue weighted by Gasteiger charge is 2.13. The quantitative estimate of drug-likeness (QED) is 0.856. The Morgan fingerprint density at radius 2 is 2.17 bits per heavy atom. The molecule has 0 fully saturated rings. The molecule has 0 saturated carbocycles. The molecule has 0 aliphatic carbocycles. The zero-order valence-corrected chi connectivity index (χ0v) is 13.8. The van der Waals surface area contributed by atoms with Crippen molar-refractivity contribution in [1.29, 1.82) is 0 Å². The van der Waals surface area contributed by atoms with Crippen molar-refractivity contribution in [2.24, 2.45) is 0 Å². The Labute approximate surface area is 126 Å². The van der Waals surface area contributed by atoms with Crippen LogP contribution < -0.4 is 5.32 Å². The van der Waals surface area contributed by atoms with Crippen molar-refractivity contribution in [2.75, 3.05) is 19.5 Å². The van der Waals surface area contributed by atoms with E-state index in [2.05, 4.69) is 47.1 Å². The molecule has 0 aliphatic rings. The van der Waals surface area contributed by atoms with Gasteiger partial charge in [0.2, 0.25) is 0 Å². The average molecular weight is 393 g/mol. The van der Waals surface area contributed by atoms with Gasteiger partial charge in [0.25, 0.3) is 0 Å². The van der Waals surface area contributed by atoms with Gasteiger partial charge < -0.3 is 10.1 Å². The predicted octanol–water partition coefficient (Wildman–Crippen LogP) is 3.92. The largest absolute Gasteiger partial charge is 0.378 e. The van der Waals surface area contributed by atoms with Crippen LogP contribution in [0.25, 0.3) is 10.7 Å². The zero-order chi connectivity index (χ0) is 13.1. The summed E-state index contributed by atoms with van der Waals surface area (Å²) in [7, 11) is 3.48. The Morgan fingerprint density at radius 3 is 2.72 bits per heavy atom. The number of nitrogens with zero attached hydrogens (tertiary/aromatic N) is 2. The summed E-state index contributed by atoms with van der Waals surface area (Å²) in [5.74, 6) is 1.46. The van der Waals surface area contributed by atoms with E-state index < -0.39 is 0 Å². The van der Waals surface area contributed by atoms with Gasteiger partial charge >= 0.3 is 0 Å². The van der Waals surface area contributed by atoms with Crippen molar-refractivity contribution in [2.45, 2.75) is 6.61 Å². The molecule has 18 heavy (non-hydrogen) atoms. The summed E-state index contributed by atoms with van der Waals surface area (Å²) >= 11 is 8.51. The van der Waals surface area contributed by atoms with E-state index in [-0.39, 0.29) is 0 Å². The van der Waals surface area contributed by atoms with Gasteiger partial charge in [-0.2, -0.15) is 0 Å². The lowest BCUT2D eigenvalue weighted by Crippen LogP contribution is -2.03. The molecule has 0 spiro atoms. The van der Waals surface area contributed by atoms with Crippen molar-refractivity contribution in [3.63, 3.8) is 0 Å². The molecule has 2 heterocycles. The Hall–Kier alpha value is -0.500. The van der Waals surface area contributed by atoms with E-state index in [0.717, 1.165) is 25.3 Å². The molecule has 0 amide bonds. The van der Waals surface area contributed by atoms with Crippen LogP contribution in [0.1, 0.15) is 5.69 Å². The summed E-state index contributed by atoms with van der Waals surface area (Å²) in [6.45, 7) is 0.442. The smallest absolute Gasteiger partial charge is 0.172 e. The molecule has 0 radical (unpaired) electrons. The lowest BCUT2D eigenvalue weighted by molar-refractivity contribution is 0.181. The molecule has 0 aromatic carbocycles. The Bertz CT molecular complexity index is 559. The molecule has 0 unspecified atom stereocenters. The number of methoxy groups -OCH3 is 1. The van der Waals surface area contributed by atoms with Gasteiger partial charge in [-0.1, -0.05) is 0 Å². The van der Waals surface area contributed by atoms with E-state index >= 15 is 0 Å². The van der Waals surface area contributed by atoms with Gasteiger partial charge in [-0.3, -0.25) is 0 Å². The minimum Gasteiger partial charge on any atom is -0.378 e. The fourth-order valence-corrected chi connectivity index (χ4v) is 3.28. The first-order valence-corrected chi connectivity index (χ1v) is 7.59. The van der Waals surface area contributed by atoms with Crippen LogP contribution in [0.2, 0.25) is 0 Å². The summed E-state index contributed by atoms with van der Waals surface area (Å²) in [6.07, 6.45) is 0. The molecular formula is C11H11Br2N3OS.